The number of halogens is 1. The zero-order chi connectivity index (χ0) is 11.5. The average Bonchev–Trinajstić information content (AvgIpc) is 2.33. The lowest BCUT2D eigenvalue weighted by atomic mass is 9.94. The molecule has 0 unspecified atom stereocenters. The molecule has 0 spiro atoms. The third-order valence-electron chi connectivity index (χ3n) is 3.27. The summed E-state index contributed by atoms with van der Waals surface area (Å²) in [6.45, 7) is 4.10. The van der Waals surface area contributed by atoms with Crippen LogP contribution in [0.15, 0.2) is 11.1 Å². The van der Waals surface area contributed by atoms with Gasteiger partial charge in [0.05, 0.1) is 6.33 Å². The Labute approximate surface area is 99.6 Å². The maximum atomic E-state index is 11.3. The molecule has 4 nitrogen and oxygen atoms in total. The second kappa shape index (κ2) is 4.87. The maximum Gasteiger partial charge on any atom is 0.271 e. The third kappa shape index (κ3) is 2.21. The first-order valence-corrected chi connectivity index (χ1v) is 6.08. The van der Waals surface area contributed by atoms with Crippen molar-refractivity contribution in [3.05, 3.63) is 21.7 Å². The summed E-state index contributed by atoms with van der Waals surface area (Å²) in [5.41, 5.74) is -0.260. The SMILES string of the molecule is CCC1CCN(c2nc[nH]c(=O)c2Cl)CC1. The molecule has 2 heterocycles. The molecule has 0 amide bonds. The van der Waals surface area contributed by atoms with Crippen molar-refractivity contribution in [1.82, 2.24) is 9.97 Å². The van der Waals surface area contributed by atoms with Gasteiger partial charge in [-0.1, -0.05) is 24.9 Å². The van der Waals surface area contributed by atoms with Crippen LogP contribution in [0.4, 0.5) is 5.82 Å². The number of anilines is 1. The lowest BCUT2D eigenvalue weighted by molar-refractivity contribution is 0.393. The predicted octanol–water partition coefficient (Wildman–Crippen LogP) is 2.05. The summed E-state index contributed by atoms with van der Waals surface area (Å²) < 4.78 is 0. The van der Waals surface area contributed by atoms with Gasteiger partial charge in [0.15, 0.2) is 5.82 Å². The minimum atomic E-state index is -0.260. The topological polar surface area (TPSA) is 49.0 Å². The highest BCUT2D eigenvalue weighted by Crippen LogP contribution is 2.26. The molecule has 0 radical (unpaired) electrons. The van der Waals surface area contributed by atoms with Gasteiger partial charge in [0, 0.05) is 13.1 Å². The second-order valence-electron chi connectivity index (χ2n) is 4.21. The molecule has 0 saturated carbocycles. The molecule has 0 atom stereocenters. The summed E-state index contributed by atoms with van der Waals surface area (Å²) in [4.78, 5) is 20.1. The average molecular weight is 242 g/mol. The van der Waals surface area contributed by atoms with Crippen LogP contribution in [0.3, 0.4) is 0 Å². The van der Waals surface area contributed by atoms with E-state index in [1.165, 1.54) is 12.7 Å². The van der Waals surface area contributed by atoms with Gasteiger partial charge in [0.1, 0.15) is 5.02 Å². The molecule has 1 aromatic heterocycles. The van der Waals surface area contributed by atoms with Crippen LogP contribution < -0.4 is 10.5 Å². The Kier molecular flexibility index (Phi) is 3.49. The Hall–Kier alpha value is -1.03. The van der Waals surface area contributed by atoms with E-state index in [4.69, 9.17) is 11.6 Å². The Morgan fingerprint density at radius 2 is 2.25 bits per heavy atom. The number of aromatic nitrogens is 2. The van der Waals surface area contributed by atoms with Gasteiger partial charge < -0.3 is 9.88 Å². The van der Waals surface area contributed by atoms with Gasteiger partial charge in [-0.25, -0.2) is 4.98 Å². The Bertz CT molecular complexity index is 410. The molecule has 1 N–H and O–H groups in total. The van der Waals surface area contributed by atoms with E-state index < -0.39 is 0 Å². The smallest absolute Gasteiger partial charge is 0.271 e. The van der Waals surface area contributed by atoms with E-state index >= 15 is 0 Å². The molecule has 1 saturated heterocycles. The van der Waals surface area contributed by atoms with Crippen molar-refractivity contribution >= 4 is 17.4 Å². The van der Waals surface area contributed by atoms with Crippen molar-refractivity contribution in [2.45, 2.75) is 26.2 Å². The number of rotatable bonds is 2. The van der Waals surface area contributed by atoms with Crippen molar-refractivity contribution in [2.75, 3.05) is 18.0 Å². The lowest BCUT2D eigenvalue weighted by Gasteiger charge is -2.32. The van der Waals surface area contributed by atoms with Crippen LogP contribution in [0.2, 0.25) is 5.02 Å². The third-order valence-corrected chi connectivity index (χ3v) is 3.61. The Morgan fingerprint density at radius 1 is 1.56 bits per heavy atom. The zero-order valence-electron chi connectivity index (χ0n) is 9.37. The van der Waals surface area contributed by atoms with E-state index in [0.717, 1.165) is 31.8 Å². The van der Waals surface area contributed by atoms with Crippen LogP contribution in [-0.4, -0.2) is 23.1 Å². The summed E-state index contributed by atoms with van der Waals surface area (Å²) in [5, 5.41) is 0.206. The van der Waals surface area contributed by atoms with Gasteiger partial charge in [-0.2, -0.15) is 0 Å². The molecular formula is C11H16ClN3O. The molecule has 1 aliphatic rings. The van der Waals surface area contributed by atoms with Crippen LogP contribution in [0, 0.1) is 5.92 Å². The number of nitrogens with zero attached hydrogens (tertiary/aromatic N) is 2. The normalized spacial score (nSPS) is 17.8. The summed E-state index contributed by atoms with van der Waals surface area (Å²) >= 11 is 5.95. The van der Waals surface area contributed by atoms with Gasteiger partial charge >= 0.3 is 0 Å². The van der Waals surface area contributed by atoms with E-state index in [1.54, 1.807) is 0 Å². The first kappa shape index (κ1) is 11.5. The quantitative estimate of drug-likeness (QED) is 0.862. The largest absolute Gasteiger partial charge is 0.355 e. The van der Waals surface area contributed by atoms with Gasteiger partial charge in [0.25, 0.3) is 5.56 Å². The molecule has 5 heteroatoms. The first-order valence-electron chi connectivity index (χ1n) is 5.70. The van der Waals surface area contributed by atoms with Gasteiger partial charge in [0.2, 0.25) is 0 Å². The van der Waals surface area contributed by atoms with Crippen LogP contribution in [0.25, 0.3) is 0 Å². The highest BCUT2D eigenvalue weighted by molar-refractivity contribution is 6.32. The van der Waals surface area contributed by atoms with Crippen molar-refractivity contribution in [2.24, 2.45) is 5.92 Å². The summed E-state index contributed by atoms with van der Waals surface area (Å²) in [6.07, 6.45) is 4.95. The molecule has 2 rings (SSSR count). The van der Waals surface area contributed by atoms with Crippen molar-refractivity contribution in [1.29, 1.82) is 0 Å². The van der Waals surface area contributed by atoms with E-state index in [9.17, 15) is 4.79 Å². The van der Waals surface area contributed by atoms with E-state index in [-0.39, 0.29) is 10.6 Å². The summed E-state index contributed by atoms with van der Waals surface area (Å²) in [5.74, 6) is 1.43. The molecule has 88 valence electrons. The number of aromatic amines is 1. The van der Waals surface area contributed by atoms with Crippen LogP contribution in [0.1, 0.15) is 26.2 Å². The highest BCUT2D eigenvalue weighted by Gasteiger charge is 2.21. The van der Waals surface area contributed by atoms with Gasteiger partial charge in [-0.3, -0.25) is 4.79 Å². The number of nitrogens with one attached hydrogen (secondary N) is 1. The molecule has 16 heavy (non-hydrogen) atoms. The van der Waals surface area contributed by atoms with E-state index in [2.05, 4.69) is 21.8 Å². The first-order chi connectivity index (χ1) is 7.72. The second-order valence-corrected chi connectivity index (χ2v) is 4.59. The standard InChI is InChI=1S/C11H16ClN3O/c1-2-8-3-5-15(6-4-8)10-9(12)11(16)14-7-13-10/h7-8H,2-6H2,1H3,(H,13,14,16). The molecule has 0 bridgehead atoms. The minimum Gasteiger partial charge on any atom is -0.355 e. The molecule has 0 aliphatic carbocycles. The monoisotopic (exact) mass is 241 g/mol. The highest BCUT2D eigenvalue weighted by atomic mass is 35.5. The zero-order valence-corrected chi connectivity index (χ0v) is 10.1. The van der Waals surface area contributed by atoms with Crippen molar-refractivity contribution < 1.29 is 0 Å². The van der Waals surface area contributed by atoms with Crippen LogP contribution in [-0.2, 0) is 0 Å². The fourth-order valence-electron chi connectivity index (χ4n) is 2.15. The summed E-state index contributed by atoms with van der Waals surface area (Å²) in [6, 6.07) is 0. The number of hydrogen-bond donors (Lipinski definition) is 1. The maximum absolute atomic E-state index is 11.3. The van der Waals surface area contributed by atoms with Gasteiger partial charge in [-0.05, 0) is 18.8 Å². The van der Waals surface area contributed by atoms with Crippen LogP contribution in [0.5, 0.6) is 0 Å². The lowest BCUT2D eigenvalue weighted by Crippen LogP contribution is -2.35. The van der Waals surface area contributed by atoms with Crippen molar-refractivity contribution in [3.63, 3.8) is 0 Å². The predicted molar refractivity (Wildman–Crippen MR) is 65.1 cm³/mol. The van der Waals surface area contributed by atoms with E-state index in [0.29, 0.717) is 5.82 Å². The number of hydrogen-bond acceptors (Lipinski definition) is 3. The molecule has 1 aliphatic heterocycles. The fraction of sp³-hybridized carbons (Fsp3) is 0.636. The number of H-pyrrole nitrogens is 1. The van der Waals surface area contributed by atoms with E-state index in [1.807, 2.05) is 0 Å². The number of piperidine rings is 1. The Morgan fingerprint density at radius 3 is 2.88 bits per heavy atom. The van der Waals surface area contributed by atoms with Crippen molar-refractivity contribution in [3.8, 4) is 0 Å². The molecule has 1 aromatic rings. The molecular weight excluding hydrogens is 226 g/mol. The Balaban J connectivity index is 2.14. The molecule has 0 aromatic carbocycles. The minimum absolute atomic E-state index is 0.206. The summed E-state index contributed by atoms with van der Waals surface area (Å²) in [7, 11) is 0. The van der Waals surface area contributed by atoms with Crippen LogP contribution >= 0.6 is 11.6 Å². The molecule has 1 fully saturated rings. The fourth-order valence-corrected chi connectivity index (χ4v) is 2.37. The van der Waals surface area contributed by atoms with Gasteiger partial charge in [-0.15, -0.1) is 0 Å².